The number of aliphatic carboxylic acids is 2. The van der Waals surface area contributed by atoms with Gasteiger partial charge in [0.05, 0.1) is 12.3 Å². The highest BCUT2D eigenvalue weighted by atomic mass is 16.8. The van der Waals surface area contributed by atoms with Crippen LogP contribution in [0.15, 0.2) is 24.3 Å². The molecule has 4 N–H and O–H groups in total. The Kier molecular flexibility index (Phi) is 4.16. The monoisotopic (exact) mass is 241 g/mol. The number of quaternary nitrogens is 1. The zero-order chi connectivity index (χ0) is 13.0. The predicted molar refractivity (Wildman–Crippen MR) is 54.8 cm³/mol. The normalized spacial score (nSPS) is 14.0. The van der Waals surface area contributed by atoms with Crippen LogP contribution in [0.2, 0.25) is 0 Å². The number of hydrogen-bond donors (Lipinski definition) is 4. The molecule has 2 atom stereocenters. The number of benzene rings is 1. The third kappa shape index (κ3) is 3.52. The van der Waals surface area contributed by atoms with Crippen molar-refractivity contribution in [1.29, 1.82) is 0 Å². The molecule has 1 aromatic rings. The summed E-state index contributed by atoms with van der Waals surface area (Å²) in [5.41, 5.74) is 0.290. The summed E-state index contributed by atoms with van der Waals surface area (Å²) in [7, 11) is 0. The van der Waals surface area contributed by atoms with Crippen molar-refractivity contribution in [3.05, 3.63) is 35.0 Å². The lowest BCUT2D eigenvalue weighted by atomic mass is 9.96. The first-order chi connectivity index (χ1) is 7.91. The Morgan fingerprint density at radius 1 is 1.24 bits per heavy atom. The van der Waals surface area contributed by atoms with Crippen molar-refractivity contribution >= 4 is 17.6 Å². The van der Waals surface area contributed by atoms with E-state index in [4.69, 9.17) is 15.4 Å². The quantitative estimate of drug-likeness (QED) is 0.526. The van der Waals surface area contributed by atoms with Gasteiger partial charge in [0.25, 0.3) is 0 Å². The van der Waals surface area contributed by atoms with Crippen LogP contribution in [0.5, 0.6) is 0 Å². The van der Waals surface area contributed by atoms with Gasteiger partial charge in [-0.3, -0.25) is 9.59 Å². The topological polar surface area (TPSA) is 122 Å². The minimum Gasteiger partial charge on any atom is -0.595 e. The molecule has 2 unspecified atom stereocenters. The van der Waals surface area contributed by atoms with E-state index in [1.807, 2.05) is 0 Å². The van der Waals surface area contributed by atoms with Gasteiger partial charge in [-0.25, -0.2) is 5.21 Å². The summed E-state index contributed by atoms with van der Waals surface area (Å²) in [6, 6.07) is 5.11. The largest absolute Gasteiger partial charge is 0.595 e. The zero-order valence-corrected chi connectivity index (χ0v) is 8.66. The van der Waals surface area contributed by atoms with Gasteiger partial charge < -0.3 is 15.4 Å². The zero-order valence-electron chi connectivity index (χ0n) is 8.66. The lowest BCUT2D eigenvalue weighted by Gasteiger charge is -2.13. The fourth-order valence-corrected chi connectivity index (χ4v) is 1.38. The molecule has 7 heteroatoms. The molecule has 0 aliphatic rings. The maximum atomic E-state index is 10.9. The Hall–Kier alpha value is -1.96. The number of hydrogen-bond acceptors (Lipinski definition) is 4. The maximum absolute atomic E-state index is 10.9. The highest BCUT2D eigenvalue weighted by molar-refractivity contribution is 5.82. The van der Waals surface area contributed by atoms with Crippen LogP contribution >= 0.6 is 0 Å². The van der Waals surface area contributed by atoms with Crippen LogP contribution < -0.4 is 5.23 Å². The first-order valence-corrected chi connectivity index (χ1v) is 4.69. The Bertz CT molecular complexity index is 413. The molecule has 17 heavy (non-hydrogen) atoms. The van der Waals surface area contributed by atoms with Crippen LogP contribution in [-0.2, 0) is 9.59 Å². The summed E-state index contributed by atoms with van der Waals surface area (Å²) in [4.78, 5) is 21.4. The smallest absolute Gasteiger partial charge is 0.311 e. The fraction of sp³-hybridized carbons (Fsp3) is 0.200. The van der Waals surface area contributed by atoms with E-state index in [9.17, 15) is 14.8 Å². The predicted octanol–water partition coefficient (Wildman–Crippen LogP) is -0.267. The first-order valence-electron chi connectivity index (χ1n) is 4.69. The van der Waals surface area contributed by atoms with Crippen LogP contribution in [-0.4, -0.2) is 27.4 Å². The molecular weight excluding hydrogens is 230 g/mol. The van der Waals surface area contributed by atoms with Crippen LogP contribution in [0.1, 0.15) is 17.9 Å². The van der Waals surface area contributed by atoms with Gasteiger partial charge in [0.15, 0.2) is 5.69 Å². The fourth-order valence-electron chi connectivity index (χ4n) is 1.38. The molecular formula is C10H11NO6. The van der Waals surface area contributed by atoms with Crippen LogP contribution in [0.4, 0.5) is 5.69 Å². The molecule has 0 amide bonds. The first kappa shape index (κ1) is 13.1. The molecule has 1 aromatic carbocycles. The molecule has 0 saturated heterocycles. The molecule has 0 aliphatic heterocycles. The number of carboxylic acids is 2. The second-order valence-corrected chi connectivity index (χ2v) is 3.42. The van der Waals surface area contributed by atoms with Gasteiger partial charge in [-0.15, -0.1) is 0 Å². The minimum absolute atomic E-state index is 0.0215. The van der Waals surface area contributed by atoms with Crippen LogP contribution in [0, 0.1) is 5.21 Å². The second-order valence-electron chi connectivity index (χ2n) is 3.42. The number of nitrogens with one attached hydrogen (secondary N) is 1. The third-order valence-electron chi connectivity index (χ3n) is 2.24. The summed E-state index contributed by atoms with van der Waals surface area (Å²) < 4.78 is 0. The Morgan fingerprint density at radius 3 is 2.12 bits per heavy atom. The molecule has 0 spiro atoms. The lowest BCUT2D eigenvalue weighted by Crippen LogP contribution is -2.99. The van der Waals surface area contributed by atoms with Crippen LogP contribution in [0.25, 0.3) is 0 Å². The minimum atomic E-state index is -1.25. The van der Waals surface area contributed by atoms with Crippen molar-refractivity contribution in [2.75, 3.05) is 0 Å². The molecule has 7 nitrogen and oxygen atoms in total. The van der Waals surface area contributed by atoms with E-state index in [2.05, 4.69) is 0 Å². The molecule has 0 fully saturated rings. The Labute approximate surface area is 96.1 Å². The van der Waals surface area contributed by atoms with Crippen LogP contribution in [0.3, 0.4) is 0 Å². The molecule has 0 bridgehead atoms. The highest BCUT2D eigenvalue weighted by Crippen LogP contribution is 2.21. The van der Waals surface area contributed by atoms with Gasteiger partial charge in [0.1, 0.15) is 0 Å². The summed E-state index contributed by atoms with van der Waals surface area (Å²) in [6.07, 6.45) is -0.540. The average Bonchev–Trinajstić information content (AvgIpc) is 2.25. The van der Waals surface area contributed by atoms with Crippen molar-refractivity contribution < 1.29 is 30.2 Å². The lowest BCUT2D eigenvalue weighted by molar-refractivity contribution is -0.991. The molecule has 0 aliphatic carbocycles. The summed E-state index contributed by atoms with van der Waals surface area (Å²) in [6.45, 7) is 0. The summed E-state index contributed by atoms with van der Waals surface area (Å²) in [5.74, 6) is -3.65. The van der Waals surface area contributed by atoms with E-state index in [0.29, 0.717) is 0 Å². The second kappa shape index (κ2) is 5.39. The van der Waals surface area contributed by atoms with E-state index in [-0.39, 0.29) is 11.3 Å². The Morgan fingerprint density at radius 2 is 1.76 bits per heavy atom. The van der Waals surface area contributed by atoms with Gasteiger partial charge in [0, 0.05) is 12.1 Å². The summed E-state index contributed by atoms with van der Waals surface area (Å²) in [5, 5.41) is 35.6. The average molecular weight is 241 g/mol. The van der Waals surface area contributed by atoms with E-state index < -0.39 is 29.5 Å². The SMILES string of the molecule is O=C(O)CC(C(=O)O)c1ccc([NH+]([O-])O)cc1. The molecule has 0 radical (unpaired) electrons. The Balaban J connectivity index is 2.95. The van der Waals surface area contributed by atoms with E-state index in [0.717, 1.165) is 0 Å². The van der Waals surface area contributed by atoms with Crippen molar-refractivity contribution in [2.24, 2.45) is 0 Å². The molecule has 0 aromatic heterocycles. The van der Waals surface area contributed by atoms with Crippen molar-refractivity contribution in [3.8, 4) is 0 Å². The molecule has 0 heterocycles. The molecule has 0 saturated carbocycles. The van der Waals surface area contributed by atoms with Gasteiger partial charge in [-0.05, 0) is 5.56 Å². The molecule has 1 rings (SSSR count). The van der Waals surface area contributed by atoms with Crippen molar-refractivity contribution in [1.82, 2.24) is 0 Å². The maximum Gasteiger partial charge on any atom is 0.311 e. The van der Waals surface area contributed by atoms with Crippen molar-refractivity contribution in [3.63, 3.8) is 0 Å². The standard InChI is InChI=1S/C10H11NO6/c12-9(13)5-8(10(14)15)6-1-3-7(4-2-6)11(16)17/h1-4,8,11,16H,5H2,(H,12,13)(H,14,15). The molecule has 92 valence electrons. The third-order valence-corrected chi connectivity index (χ3v) is 2.24. The van der Waals surface area contributed by atoms with Gasteiger partial charge in [-0.2, -0.15) is 5.23 Å². The van der Waals surface area contributed by atoms with Gasteiger partial charge >= 0.3 is 11.9 Å². The number of carboxylic acid groups (broad SMARTS) is 2. The van der Waals surface area contributed by atoms with E-state index >= 15 is 0 Å². The summed E-state index contributed by atoms with van der Waals surface area (Å²) >= 11 is 0. The number of carbonyl (C=O) groups is 2. The highest BCUT2D eigenvalue weighted by Gasteiger charge is 2.23. The van der Waals surface area contributed by atoms with Gasteiger partial charge in [0.2, 0.25) is 0 Å². The van der Waals surface area contributed by atoms with E-state index in [1.165, 1.54) is 24.3 Å². The van der Waals surface area contributed by atoms with Gasteiger partial charge in [-0.1, -0.05) is 12.1 Å². The number of rotatable bonds is 5. The van der Waals surface area contributed by atoms with Crippen molar-refractivity contribution in [2.45, 2.75) is 12.3 Å². The van der Waals surface area contributed by atoms with E-state index in [1.54, 1.807) is 0 Å².